The highest BCUT2D eigenvalue weighted by atomic mass is 16.5. The van der Waals surface area contributed by atoms with Crippen LogP contribution in [-0.2, 0) is 4.79 Å². The topological polar surface area (TPSA) is 68.5 Å². The lowest BCUT2D eigenvalue weighted by atomic mass is 10.1. The number of carbonyl (C=O) groups excluding carboxylic acids is 1. The average molecular weight is 371 g/mol. The minimum absolute atomic E-state index is 0.0901. The van der Waals surface area contributed by atoms with Crippen molar-refractivity contribution in [3.8, 4) is 17.1 Å². The van der Waals surface area contributed by atoms with Crippen molar-refractivity contribution in [1.82, 2.24) is 15.0 Å². The van der Waals surface area contributed by atoms with E-state index in [0.29, 0.717) is 18.1 Å². The van der Waals surface area contributed by atoms with E-state index in [1.807, 2.05) is 29.2 Å². The van der Waals surface area contributed by atoms with Crippen LogP contribution in [0.15, 0.2) is 28.8 Å². The number of nitrogens with zero attached hydrogens (tertiary/aromatic N) is 3. The summed E-state index contributed by atoms with van der Waals surface area (Å²) >= 11 is 0. The number of methoxy groups -OCH3 is 1. The van der Waals surface area contributed by atoms with Crippen molar-refractivity contribution < 1.29 is 14.1 Å². The highest BCUT2D eigenvalue weighted by molar-refractivity contribution is 5.76. The summed E-state index contributed by atoms with van der Waals surface area (Å²) in [5.74, 6) is 2.08. The second-order valence-corrected chi connectivity index (χ2v) is 7.09. The first-order valence-corrected chi connectivity index (χ1v) is 10.0. The van der Waals surface area contributed by atoms with Crippen molar-refractivity contribution in [3.05, 3.63) is 30.2 Å². The fourth-order valence-electron chi connectivity index (χ4n) is 3.57. The summed E-state index contributed by atoms with van der Waals surface area (Å²) in [7, 11) is 1.64. The van der Waals surface area contributed by atoms with Crippen LogP contribution in [0.5, 0.6) is 5.75 Å². The van der Waals surface area contributed by atoms with Gasteiger partial charge in [-0.15, -0.1) is 0 Å². The molecular weight excluding hydrogens is 342 g/mol. The Balaban J connectivity index is 1.61. The van der Waals surface area contributed by atoms with Gasteiger partial charge in [0.25, 0.3) is 0 Å². The van der Waals surface area contributed by atoms with Crippen LogP contribution < -0.4 is 4.74 Å². The van der Waals surface area contributed by atoms with Crippen molar-refractivity contribution >= 4 is 5.91 Å². The number of benzene rings is 1. The van der Waals surface area contributed by atoms with Gasteiger partial charge in [-0.05, 0) is 43.5 Å². The molecule has 1 unspecified atom stereocenters. The van der Waals surface area contributed by atoms with Crippen molar-refractivity contribution in [2.24, 2.45) is 0 Å². The number of ether oxygens (including phenoxy) is 1. The zero-order chi connectivity index (χ0) is 19.1. The molecular formula is C21H29N3O3. The van der Waals surface area contributed by atoms with E-state index in [1.165, 1.54) is 19.3 Å². The fraction of sp³-hybridized carbons (Fsp3) is 0.571. The SMILES string of the molecule is CCCCCCCC(=O)N1CCCC1c1nc(-c2ccc(OC)cc2)no1. The highest BCUT2D eigenvalue weighted by Gasteiger charge is 2.33. The number of aromatic nitrogens is 2. The van der Waals surface area contributed by atoms with Crippen LogP contribution in [0.25, 0.3) is 11.4 Å². The number of hydrogen-bond donors (Lipinski definition) is 0. The van der Waals surface area contributed by atoms with E-state index < -0.39 is 0 Å². The molecule has 1 aromatic heterocycles. The predicted molar refractivity (Wildman–Crippen MR) is 103 cm³/mol. The summed E-state index contributed by atoms with van der Waals surface area (Å²) in [5.41, 5.74) is 0.873. The van der Waals surface area contributed by atoms with E-state index in [9.17, 15) is 4.79 Å². The van der Waals surface area contributed by atoms with Crippen LogP contribution >= 0.6 is 0 Å². The molecule has 0 N–H and O–H groups in total. The van der Waals surface area contributed by atoms with Crippen LogP contribution in [-0.4, -0.2) is 34.6 Å². The number of hydrogen-bond acceptors (Lipinski definition) is 5. The molecule has 1 amide bonds. The smallest absolute Gasteiger partial charge is 0.249 e. The maximum absolute atomic E-state index is 12.6. The van der Waals surface area contributed by atoms with Gasteiger partial charge in [0.1, 0.15) is 11.8 Å². The maximum Gasteiger partial charge on any atom is 0.249 e. The van der Waals surface area contributed by atoms with Crippen LogP contribution in [0.1, 0.15) is 70.2 Å². The molecule has 0 radical (unpaired) electrons. The second kappa shape index (κ2) is 9.53. The first-order chi connectivity index (χ1) is 13.2. The molecule has 6 heteroatoms. The maximum atomic E-state index is 12.6. The van der Waals surface area contributed by atoms with Crippen molar-refractivity contribution in [1.29, 1.82) is 0 Å². The molecule has 1 aliphatic rings. The Morgan fingerprint density at radius 2 is 2.00 bits per heavy atom. The van der Waals surface area contributed by atoms with E-state index >= 15 is 0 Å². The average Bonchev–Trinajstić information content (AvgIpc) is 3.37. The second-order valence-electron chi connectivity index (χ2n) is 7.09. The normalized spacial score (nSPS) is 16.7. The summed E-state index contributed by atoms with van der Waals surface area (Å²) in [6.07, 6.45) is 8.23. The first-order valence-electron chi connectivity index (χ1n) is 10.0. The summed E-state index contributed by atoms with van der Waals surface area (Å²) < 4.78 is 10.7. The Morgan fingerprint density at radius 3 is 2.74 bits per heavy atom. The minimum Gasteiger partial charge on any atom is -0.497 e. The molecule has 3 rings (SSSR count). The molecule has 1 fully saturated rings. The lowest BCUT2D eigenvalue weighted by Crippen LogP contribution is -2.30. The van der Waals surface area contributed by atoms with Gasteiger partial charge in [0.15, 0.2) is 0 Å². The third kappa shape index (κ3) is 4.87. The molecule has 1 aromatic carbocycles. The third-order valence-corrected chi connectivity index (χ3v) is 5.14. The van der Waals surface area contributed by atoms with Crippen LogP contribution in [0.4, 0.5) is 0 Å². The van der Waals surface area contributed by atoms with Gasteiger partial charge >= 0.3 is 0 Å². The minimum atomic E-state index is -0.0901. The number of likely N-dealkylation sites (tertiary alicyclic amines) is 1. The molecule has 2 heterocycles. The van der Waals surface area contributed by atoms with E-state index in [1.54, 1.807) is 7.11 Å². The van der Waals surface area contributed by atoms with Gasteiger partial charge in [-0.2, -0.15) is 4.98 Å². The lowest BCUT2D eigenvalue weighted by molar-refractivity contribution is -0.132. The first kappa shape index (κ1) is 19.4. The van der Waals surface area contributed by atoms with Gasteiger partial charge < -0.3 is 14.2 Å². The Kier molecular flexibility index (Phi) is 6.85. The van der Waals surface area contributed by atoms with Crippen molar-refractivity contribution in [2.75, 3.05) is 13.7 Å². The van der Waals surface area contributed by atoms with Gasteiger partial charge in [-0.25, -0.2) is 0 Å². The quantitative estimate of drug-likeness (QED) is 0.594. The van der Waals surface area contributed by atoms with Gasteiger partial charge in [0, 0.05) is 18.5 Å². The number of carbonyl (C=O) groups is 1. The summed E-state index contributed by atoms with van der Waals surface area (Å²) in [4.78, 5) is 19.1. The van der Waals surface area contributed by atoms with Crippen LogP contribution in [0.3, 0.4) is 0 Å². The van der Waals surface area contributed by atoms with E-state index in [4.69, 9.17) is 9.26 Å². The Morgan fingerprint density at radius 1 is 1.22 bits per heavy atom. The van der Waals surface area contributed by atoms with Crippen molar-refractivity contribution in [2.45, 2.75) is 64.3 Å². The van der Waals surface area contributed by atoms with Crippen LogP contribution in [0.2, 0.25) is 0 Å². The highest BCUT2D eigenvalue weighted by Crippen LogP contribution is 2.33. The zero-order valence-electron chi connectivity index (χ0n) is 16.3. The molecule has 146 valence electrons. The molecule has 1 atom stereocenters. The third-order valence-electron chi connectivity index (χ3n) is 5.14. The molecule has 0 bridgehead atoms. The molecule has 2 aromatic rings. The lowest BCUT2D eigenvalue weighted by Gasteiger charge is -2.21. The van der Waals surface area contributed by atoms with E-state index in [0.717, 1.165) is 43.5 Å². The number of amides is 1. The standard InChI is InChI=1S/C21H29N3O3/c1-3-4-5-6-7-10-19(25)24-15-8-9-18(24)21-22-20(23-27-21)16-11-13-17(26-2)14-12-16/h11-14,18H,3-10,15H2,1-2H3. The monoisotopic (exact) mass is 371 g/mol. The molecule has 1 saturated heterocycles. The van der Waals surface area contributed by atoms with E-state index in [-0.39, 0.29) is 11.9 Å². The predicted octanol–water partition coefficient (Wildman–Crippen LogP) is 4.77. The summed E-state index contributed by atoms with van der Waals surface area (Å²) in [5, 5.41) is 4.11. The number of unbranched alkanes of at least 4 members (excludes halogenated alkanes) is 4. The molecule has 1 aliphatic heterocycles. The molecule has 0 spiro atoms. The van der Waals surface area contributed by atoms with Gasteiger partial charge in [0.05, 0.1) is 7.11 Å². The molecule has 27 heavy (non-hydrogen) atoms. The summed E-state index contributed by atoms with van der Waals surface area (Å²) in [6, 6.07) is 7.46. The molecule has 6 nitrogen and oxygen atoms in total. The number of rotatable bonds is 9. The van der Waals surface area contributed by atoms with Gasteiger partial charge in [0.2, 0.25) is 17.6 Å². The Bertz CT molecular complexity index is 727. The van der Waals surface area contributed by atoms with Gasteiger partial charge in [-0.1, -0.05) is 37.8 Å². The summed E-state index contributed by atoms with van der Waals surface area (Å²) in [6.45, 7) is 2.98. The van der Waals surface area contributed by atoms with Crippen molar-refractivity contribution in [3.63, 3.8) is 0 Å². The fourth-order valence-corrected chi connectivity index (χ4v) is 3.57. The van der Waals surface area contributed by atoms with Crippen LogP contribution in [0, 0.1) is 0 Å². The van der Waals surface area contributed by atoms with E-state index in [2.05, 4.69) is 17.1 Å². The Labute approximate surface area is 160 Å². The molecule has 0 aliphatic carbocycles. The molecule has 0 saturated carbocycles. The van der Waals surface area contributed by atoms with Gasteiger partial charge in [-0.3, -0.25) is 4.79 Å². The Hall–Kier alpha value is -2.37. The largest absolute Gasteiger partial charge is 0.497 e. The zero-order valence-corrected chi connectivity index (χ0v) is 16.3.